The Morgan fingerprint density at radius 2 is 2.15 bits per heavy atom. The summed E-state index contributed by atoms with van der Waals surface area (Å²) in [5, 5.41) is 19.2. The number of hydrogen-bond acceptors (Lipinski definition) is 4. The van der Waals surface area contributed by atoms with Gasteiger partial charge in [0.15, 0.2) is 0 Å². The molecule has 0 radical (unpaired) electrons. The van der Waals surface area contributed by atoms with Crippen molar-refractivity contribution in [1.82, 2.24) is 9.80 Å². The highest BCUT2D eigenvalue weighted by Crippen LogP contribution is 2.22. The highest BCUT2D eigenvalue weighted by molar-refractivity contribution is 5.30. The van der Waals surface area contributed by atoms with Crippen LogP contribution >= 0.6 is 0 Å². The number of phenols is 1. The lowest BCUT2D eigenvalue weighted by molar-refractivity contribution is 0.227. The summed E-state index contributed by atoms with van der Waals surface area (Å²) in [6, 6.07) is 8.28. The smallest absolute Gasteiger partial charge is 0.115 e. The molecule has 1 atom stereocenters. The predicted octanol–water partition coefficient (Wildman–Crippen LogP) is 3.32. The van der Waals surface area contributed by atoms with Crippen LogP contribution in [-0.2, 0) is 6.54 Å². The third-order valence-electron chi connectivity index (χ3n) is 5.64. The Bertz CT molecular complexity index is 653. The molecule has 1 aliphatic heterocycles. The number of phenolic OH excluding ortho intramolecular Hbond substituents is 1. The molecule has 1 unspecified atom stereocenters. The van der Waals surface area contributed by atoms with E-state index in [4.69, 9.17) is 0 Å². The SMILES string of the molecule is CN1CCCC1CCN(CC1=CC(CO)=CCC1)Cc1cccc(O)c1. The fourth-order valence-corrected chi connectivity index (χ4v) is 4.16. The van der Waals surface area contributed by atoms with Crippen molar-refractivity contribution >= 4 is 0 Å². The van der Waals surface area contributed by atoms with Crippen LogP contribution in [0.5, 0.6) is 5.75 Å². The maximum atomic E-state index is 9.78. The summed E-state index contributed by atoms with van der Waals surface area (Å²) in [5.41, 5.74) is 3.59. The van der Waals surface area contributed by atoms with E-state index in [1.54, 1.807) is 6.07 Å². The average Bonchev–Trinajstić information content (AvgIpc) is 3.05. The number of allylic oxidation sites excluding steroid dienone is 1. The molecule has 1 fully saturated rings. The first kappa shape index (κ1) is 19.2. The van der Waals surface area contributed by atoms with Crippen LogP contribution in [0.15, 0.2) is 47.6 Å². The van der Waals surface area contributed by atoms with E-state index in [0.29, 0.717) is 11.8 Å². The molecule has 0 saturated carbocycles. The summed E-state index contributed by atoms with van der Waals surface area (Å²) < 4.78 is 0. The van der Waals surface area contributed by atoms with Gasteiger partial charge in [-0.25, -0.2) is 0 Å². The zero-order chi connectivity index (χ0) is 18.4. The maximum Gasteiger partial charge on any atom is 0.115 e. The zero-order valence-electron chi connectivity index (χ0n) is 15.9. The Hall–Kier alpha value is -1.62. The molecule has 26 heavy (non-hydrogen) atoms. The Morgan fingerprint density at radius 3 is 2.88 bits per heavy atom. The van der Waals surface area contributed by atoms with Gasteiger partial charge in [-0.1, -0.05) is 29.9 Å². The highest BCUT2D eigenvalue weighted by Gasteiger charge is 2.22. The fraction of sp³-hybridized carbons (Fsp3) is 0.545. The Balaban J connectivity index is 1.66. The molecule has 0 amide bonds. The summed E-state index contributed by atoms with van der Waals surface area (Å²) in [7, 11) is 2.24. The van der Waals surface area contributed by atoms with E-state index in [2.05, 4.69) is 35.1 Å². The summed E-state index contributed by atoms with van der Waals surface area (Å²) in [6.07, 6.45) is 10.2. The molecular weight excluding hydrogens is 324 g/mol. The van der Waals surface area contributed by atoms with E-state index in [9.17, 15) is 10.2 Å². The van der Waals surface area contributed by atoms with Gasteiger partial charge < -0.3 is 15.1 Å². The van der Waals surface area contributed by atoms with Crippen molar-refractivity contribution in [2.75, 3.05) is 33.3 Å². The molecule has 4 heteroatoms. The highest BCUT2D eigenvalue weighted by atomic mass is 16.3. The molecule has 1 heterocycles. The molecule has 1 aromatic carbocycles. The summed E-state index contributed by atoms with van der Waals surface area (Å²) in [5.74, 6) is 0.334. The monoisotopic (exact) mass is 356 g/mol. The Morgan fingerprint density at radius 1 is 1.27 bits per heavy atom. The quantitative estimate of drug-likeness (QED) is 0.750. The Labute approximate surface area is 157 Å². The van der Waals surface area contributed by atoms with E-state index in [1.807, 2.05) is 12.1 Å². The predicted molar refractivity (Wildman–Crippen MR) is 106 cm³/mol. The van der Waals surface area contributed by atoms with Crippen molar-refractivity contribution in [2.45, 2.75) is 44.7 Å². The number of aliphatic hydroxyl groups is 1. The van der Waals surface area contributed by atoms with E-state index in [-0.39, 0.29) is 6.61 Å². The molecule has 0 bridgehead atoms. The van der Waals surface area contributed by atoms with E-state index in [0.717, 1.165) is 43.6 Å². The standard InChI is InChI=1S/C22H32N2O2/c1-23-11-4-8-21(23)10-12-24(16-19-6-3-9-22(26)14-19)15-18-5-2-7-20(13-18)17-25/h3,6-7,9,13-14,21,25-26H,2,4-5,8,10-12,15-17H2,1H3. The van der Waals surface area contributed by atoms with Crippen LogP contribution < -0.4 is 0 Å². The first-order valence-corrected chi connectivity index (χ1v) is 9.84. The lowest BCUT2D eigenvalue weighted by atomic mass is 9.99. The van der Waals surface area contributed by atoms with Gasteiger partial charge >= 0.3 is 0 Å². The van der Waals surface area contributed by atoms with Crippen LogP contribution in [0, 0.1) is 0 Å². The van der Waals surface area contributed by atoms with Gasteiger partial charge in [0, 0.05) is 25.7 Å². The molecule has 3 rings (SSSR count). The van der Waals surface area contributed by atoms with Crippen molar-refractivity contribution in [1.29, 1.82) is 0 Å². The molecular formula is C22H32N2O2. The van der Waals surface area contributed by atoms with Crippen molar-refractivity contribution in [3.05, 3.63) is 53.1 Å². The molecule has 2 aliphatic rings. The van der Waals surface area contributed by atoms with Crippen LogP contribution in [-0.4, -0.2) is 59.3 Å². The first-order valence-electron chi connectivity index (χ1n) is 9.84. The van der Waals surface area contributed by atoms with Crippen molar-refractivity contribution in [3.8, 4) is 5.75 Å². The lowest BCUT2D eigenvalue weighted by Gasteiger charge is -2.28. The molecule has 0 spiro atoms. The normalized spacial score (nSPS) is 21.1. The lowest BCUT2D eigenvalue weighted by Crippen LogP contribution is -2.33. The second-order valence-electron chi connectivity index (χ2n) is 7.72. The van der Waals surface area contributed by atoms with Crippen LogP contribution in [0.25, 0.3) is 0 Å². The number of benzene rings is 1. The number of hydrogen-bond donors (Lipinski definition) is 2. The Kier molecular flexibility index (Phi) is 6.89. The second kappa shape index (κ2) is 9.36. The van der Waals surface area contributed by atoms with E-state index < -0.39 is 0 Å². The molecule has 2 N–H and O–H groups in total. The van der Waals surface area contributed by atoms with Gasteiger partial charge in [-0.15, -0.1) is 0 Å². The van der Waals surface area contributed by atoms with Gasteiger partial charge in [0.1, 0.15) is 5.75 Å². The number of aliphatic hydroxyl groups excluding tert-OH is 1. The first-order chi connectivity index (χ1) is 12.6. The van der Waals surface area contributed by atoms with E-state index >= 15 is 0 Å². The minimum absolute atomic E-state index is 0.128. The molecule has 0 aromatic heterocycles. The number of nitrogens with zero attached hydrogens (tertiary/aromatic N) is 2. The topological polar surface area (TPSA) is 46.9 Å². The molecule has 142 valence electrons. The summed E-state index contributed by atoms with van der Waals surface area (Å²) in [4.78, 5) is 4.98. The van der Waals surface area contributed by atoms with E-state index in [1.165, 1.54) is 31.4 Å². The largest absolute Gasteiger partial charge is 0.508 e. The molecule has 4 nitrogen and oxygen atoms in total. The van der Waals surface area contributed by atoms with Gasteiger partial charge in [0.2, 0.25) is 0 Å². The minimum atomic E-state index is 0.128. The van der Waals surface area contributed by atoms with Gasteiger partial charge in [-0.2, -0.15) is 0 Å². The summed E-state index contributed by atoms with van der Waals surface area (Å²) in [6.45, 7) is 4.18. The summed E-state index contributed by atoms with van der Waals surface area (Å²) >= 11 is 0. The van der Waals surface area contributed by atoms with Crippen LogP contribution in [0.1, 0.15) is 37.7 Å². The van der Waals surface area contributed by atoms with Crippen molar-refractivity contribution in [2.24, 2.45) is 0 Å². The van der Waals surface area contributed by atoms with Gasteiger partial charge in [0.25, 0.3) is 0 Å². The van der Waals surface area contributed by atoms with Crippen molar-refractivity contribution in [3.63, 3.8) is 0 Å². The third-order valence-corrected chi connectivity index (χ3v) is 5.64. The average molecular weight is 357 g/mol. The van der Waals surface area contributed by atoms with Crippen LogP contribution in [0.3, 0.4) is 0 Å². The van der Waals surface area contributed by atoms with Crippen LogP contribution in [0.2, 0.25) is 0 Å². The van der Waals surface area contributed by atoms with Gasteiger partial charge in [-0.3, -0.25) is 4.90 Å². The fourth-order valence-electron chi connectivity index (χ4n) is 4.16. The van der Waals surface area contributed by atoms with Gasteiger partial charge in [-0.05, 0) is 69.0 Å². The maximum absolute atomic E-state index is 9.78. The number of aromatic hydroxyl groups is 1. The molecule has 1 saturated heterocycles. The molecule has 1 aliphatic carbocycles. The van der Waals surface area contributed by atoms with Crippen LogP contribution in [0.4, 0.5) is 0 Å². The van der Waals surface area contributed by atoms with Crippen molar-refractivity contribution < 1.29 is 10.2 Å². The third kappa shape index (κ3) is 5.44. The number of likely N-dealkylation sites (tertiary alicyclic amines) is 1. The molecule has 1 aromatic rings. The van der Waals surface area contributed by atoms with Gasteiger partial charge in [0.05, 0.1) is 6.61 Å². The number of rotatable bonds is 8. The minimum Gasteiger partial charge on any atom is -0.508 e. The second-order valence-corrected chi connectivity index (χ2v) is 7.72. The zero-order valence-corrected chi connectivity index (χ0v) is 15.9.